The molecule has 0 amide bonds. The van der Waals surface area contributed by atoms with E-state index in [0.717, 1.165) is 0 Å². The fourth-order valence-electron chi connectivity index (χ4n) is 1.37. The highest BCUT2D eigenvalue weighted by Gasteiger charge is 2.13. The summed E-state index contributed by atoms with van der Waals surface area (Å²) in [6.45, 7) is 0. The molecule has 0 aliphatic heterocycles. The Morgan fingerprint density at radius 1 is 1.06 bits per heavy atom. The van der Waals surface area contributed by atoms with Crippen molar-refractivity contribution < 1.29 is 14.6 Å². The second kappa shape index (κ2) is 4.89. The summed E-state index contributed by atoms with van der Waals surface area (Å²) < 4.78 is 5.50. The van der Waals surface area contributed by atoms with Crippen LogP contribution < -0.4 is 4.74 Å². The van der Waals surface area contributed by atoms with Crippen LogP contribution in [0.3, 0.4) is 0 Å². The third-order valence-corrected chi connectivity index (χ3v) is 2.55. The summed E-state index contributed by atoms with van der Waals surface area (Å²) >= 11 is 5.95. The van der Waals surface area contributed by atoms with E-state index in [9.17, 15) is 4.79 Å². The standard InChI is InChI=1S/C13H9ClO3/c14-12-10(13(15)16)7-4-8-11(12)17-9-5-2-1-3-6-9/h1-8H,(H,15,16). The van der Waals surface area contributed by atoms with E-state index in [1.165, 1.54) is 6.07 Å². The number of carboxylic acid groups (broad SMARTS) is 1. The fourth-order valence-corrected chi connectivity index (χ4v) is 1.62. The van der Waals surface area contributed by atoms with Gasteiger partial charge >= 0.3 is 5.97 Å². The second-order valence-corrected chi connectivity index (χ2v) is 3.72. The summed E-state index contributed by atoms with van der Waals surface area (Å²) in [5.74, 6) is -0.136. The van der Waals surface area contributed by atoms with Crippen molar-refractivity contribution in [2.45, 2.75) is 0 Å². The van der Waals surface area contributed by atoms with Crippen molar-refractivity contribution in [1.82, 2.24) is 0 Å². The zero-order valence-corrected chi connectivity index (χ0v) is 9.52. The van der Waals surface area contributed by atoms with Gasteiger partial charge in [0.15, 0.2) is 0 Å². The summed E-state index contributed by atoms with van der Waals surface area (Å²) in [7, 11) is 0. The molecule has 0 bridgehead atoms. The third-order valence-electron chi connectivity index (χ3n) is 2.16. The largest absolute Gasteiger partial charge is 0.478 e. The lowest BCUT2D eigenvalue weighted by molar-refractivity contribution is 0.0696. The van der Waals surface area contributed by atoms with Gasteiger partial charge in [0.05, 0.1) is 10.6 Å². The minimum Gasteiger partial charge on any atom is -0.478 e. The highest BCUT2D eigenvalue weighted by atomic mass is 35.5. The number of carboxylic acids is 1. The Balaban J connectivity index is 2.34. The van der Waals surface area contributed by atoms with Gasteiger partial charge in [-0.25, -0.2) is 4.79 Å². The monoisotopic (exact) mass is 248 g/mol. The molecule has 3 nitrogen and oxygen atoms in total. The number of carbonyl (C=O) groups is 1. The van der Waals surface area contributed by atoms with E-state index in [4.69, 9.17) is 21.4 Å². The van der Waals surface area contributed by atoms with Crippen molar-refractivity contribution in [3.63, 3.8) is 0 Å². The zero-order valence-electron chi connectivity index (χ0n) is 8.76. The van der Waals surface area contributed by atoms with Crippen LogP contribution in [0.2, 0.25) is 5.02 Å². The van der Waals surface area contributed by atoms with Crippen LogP contribution in [-0.4, -0.2) is 11.1 Å². The number of hydrogen-bond donors (Lipinski definition) is 1. The summed E-state index contributed by atoms with van der Waals surface area (Å²) in [4.78, 5) is 10.9. The molecule has 4 heteroatoms. The molecule has 0 heterocycles. The minimum atomic E-state index is -1.08. The van der Waals surface area contributed by atoms with Crippen LogP contribution in [0.15, 0.2) is 48.5 Å². The maximum absolute atomic E-state index is 10.9. The van der Waals surface area contributed by atoms with Crippen molar-refractivity contribution in [1.29, 1.82) is 0 Å². The number of hydrogen-bond acceptors (Lipinski definition) is 2. The van der Waals surface area contributed by atoms with Crippen molar-refractivity contribution in [3.8, 4) is 11.5 Å². The minimum absolute atomic E-state index is 0.0279. The Labute approximate surface area is 103 Å². The SMILES string of the molecule is O=C(O)c1cccc(Oc2ccccc2)c1Cl. The molecule has 86 valence electrons. The predicted octanol–water partition coefficient (Wildman–Crippen LogP) is 3.83. The van der Waals surface area contributed by atoms with E-state index in [2.05, 4.69) is 0 Å². The molecule has 1 N–H and O–H groups in total. The molecule has 0 unspecified atom stereocenters. The molecule has 0 aliphatic rings. The lowest BCUT2D eigenvalue weighted by atomic mass is 10.2. The van der Waals surface area contributed by atoms with Crippen LogP contribution in [0.5, 0.6) is 11.5 Å². The summed E-state index contributed by atoms with van der Waals surface area (Å²) in [6.07, 6.45) is 0. The maximum Gasteiger partial charge on any atom is 0.337 e. The first kappa shape index (κ1) is 11.5. The molecular weight excluding hydrogens is 240 g/mol. The van der Waals surface area contributed by atoms with Gasteiger partial charge in [0, 0.05) is 0 Å². The van der Waals surface area contributed by atoms with Gasteiger partial charge in [0.2, 0.25) is 0 Å². The highest BCUT2D eigenvalue weighted by Crippen LogP contribution is 2.31. The smallest absolute Gasteiger partial charge is 0.337 e. The van der Waals surface area contributed by atoms with Gasteiger partial charge in [-0.1, -0.05) is 35.9 Å². The Hall–Kier alpha value is -2.00. The van der Waals surface area contributed by atoms with Gasteiger partial charge in [0.25, 0.3) is 0 Å². The second-order valence-electron chi connectivity index (χ2n) is 3.34. The van der Waals surface area contributed by atoms with E-state index >= 15 is 0 Å². The Morgan fingerprint density at radius 3 is 2.41 bits per heavy atom. The maximum atomic E-state index is 10.9. The van der Waals surface area contributed by atoms with Crippen molar-refractivity contribution >= 4 is 17.6 Å². The molecule has 2 aromatic rings. The Kier molecular flexibility index (Phi) is 3.30. The van der Waals surface area contributed by atoms with Gasteiger partial charge in [-0.3, -0.25) is 0 Å². The first-order valence-corrected chi connectivity index (χ1v) is 5.31. The number of aromatic carboxylic acids is 1. The van der Waals surface area contributed by atoms with Gasteiger partial charge in [-0.15, -0.1) is 0 Å². The van der Waals surface area contributed by atoms with E-state index in [-0.39, 0.29) is 10.6 Å². The number of rotatable bonds is 3. The van der Waals surface area contributed by atoms with Crippen LogP contribution >= 0.6 is 11.6 Å². The van der Waals surface area contributed by atoms with E-state index in [1.54, 1.807) is 24.3 Å². The van der Waals surface area contributed by atoms with Crippen LogP contribution in [0.4, 0.5) is 0 Å². The molecule has 0 aliphatic carbocycles. The van der Waals surface area contributed by atoms with E-state index in [0.29, 0.717) is 11.5 Å². The normalized spacial score (nSPS) is 9.94. The summed E-state index contributed by atoms with van der Waals surface area (Å²) in [5.41, 5.74) is 0.0279. The molecular formula is C13H9ClO3. The zero-order chi connectivity index (χ0) is 12.3. The van der Waals surface area contributed by atoms with Crippen molar-refractivity contribution in [3.05, 3.63) is 59.1 Å². The molecule has 0 radical (unpaired) electrons. The van der Waals surface area contributed by atoms with Gasteiger partial charge in [0.1, 0.15) is 11.5 Å². The lowest BCUT2D eigenvalue weighted by Gasteiger charge is -2.08. The Morgan fingerprint density at radius 2 is 1.76 bits per heavy atom. The Bertz CT molecular complexity index is 538. The average Bonchev–Trinajstić information content (AvgIpc) is 2.33. The summed E-state index contributed by atoms with van der Waals surface area (Å²) in [5, 5.41) is 9.02. The molecule has 2 rings (SSSR count). The molecule has 2 aromatic carbocycles. The fraction of sp³-hybridized carbons (Fsp3) is 0. The first-order valence-electron chi connectivity index (χ1n) is 4.93. The molecule has 0 spiro atoms. The lowest BCUT2D eigenvalue weighted by Crippen LogP contribution is -1.98. The number of halogens is 1. The molecule has 0 saturated carbocycles. The molecule has 0 aromatic heterocycles. The van der Waals surface area contributed by atoms with Crippen LogP contribution in [0.1, 0.15) is 10.4 Å². The number of benzene rings is 2. The van der Waals surface area contributed by atoms with Crippen LogP contribution in [0, 0.1) is 0 Å². The highest BCUT2D eigenvalue weighted by molar-refractivity contribution is 6.35. The molecule has 17 heavy (non-hydrogen) atoms. The van der Waals surface area contributed by atoms with Crippen LogP contribution in [0.25, 0.3) is 0 Å². The summed E-state index contributed by atoms with van der Waals surface area (Å²) in [6, 6.07) is 13.7. The number of para-hydroxylation sites is 1. The topological polar surface area (TPSA) is 46.5 Å². The van der Waals surface area contributed by atoms with E-state index < -0.39 is 5.97 Å². The first-order chi connectivity index (χ1) is 8.18. The van der Waals surface area contributed by atoms with Gasteiger partial charge < -0.3 is 9.84 Å². The third kappa shape index (κ3) is 2.57. The van der Waals surface area contributed by atoms with Crippen molar-refractivity contribution in [2.24, 2.45) is 0 Å². The molecule has 0 atom stereocenters. The predicted molar refractivity (Wildman–Crippen MR) is 64.9 cm³/mol. The average molecular weight is 249 g/mol. The van der Waals surface area contributed by atoms with E-state index in [1.807, 2.05) is 18.2 Å². The molecule has 0 fully saturated rings. The quantitative estimate of drug-likeness (QED) is 0.898. The van der Waals surface area contributed by atoms with Crippen LogP contribution in [-0.2, 0) is 0 Å². The van der Waals surface area contributed by atoms with Gasteiger partial charge in [-0.2, -0.15) is 0 Å². The van der Waals surface area contributed by atoms with Gasteiger partial charge in [-0.05, 0) is 24.3 Å². The van der Waals surface area contributed by atoms with Crippen molar-refractivity contribution in [2.75, 3.05) is 0 Å². The number of ether oxygens (including phenoxy) is 1. The molecule has 0 saturated heterocycles.